The minimum Gasteiger partial charge on any atom is -0.304 e. The van der Waals surface area contributed by atoms with E-state index in [2.05, 4.69) is 155 Å². The molecule has 0 fully saturated rings. The molecule has 0 saturated heterocycles. The van der Waals surface area contributed by atoms with E-state index < -0.39 is 7.92 Å². The Labute approximate surface area is 222 Å². The van der Waals surface area contributed by atoms with Crippen molar-refractivity contribution in [2.75, 3.05) is 5.01 Å². The molecule has 0 saturated carbocycles. The zero-order valence-corrected chi connectivity index (χ0v) is 23.6. The summed E-state index contributed by atoms with van der Waals surface area (Å²) in [5.41, 5.74) is 9.12. The van der Waals surface area contributed by atoms with Crippen LogP contribution in [-0.4, -0.2) is 20.1 Å². The van der Waals surface area contributed by atoms with Gasteiger partial charge in [-0.05, 0) is 34.1 Å². The Bertz CT molecular complexity index is 1350. The molecular formula is C32H37N4P. The van der Waals surface area contributed by atoms with Gasteiger partial charge in [-0.3, -0.25) is 5.01 Å². The molecule has 0 radical (unpaired) electrons. The predicted octanol–water partition coefficient (Wildman–Crippen LogP) is 8.31. The summed E-state index contributed by atoms with van der Waals surface area (Å²) < 4.78 is 2.00. The van der Waals surface area contributed by atoms with Gasteiger partial charge in [-0.2, -0.15) is 5.10 Å². The summed E-state index contributed by atoms with van der Waals surface area (Å²) in [5, 5.41) is 7.31. The molecule has 1 atom stereocenters. The van der Waals surface area contributed by atoms with Crippen LogP contribution < -0.4 is 10.4 Å². The maximum atomic E-state index is 5.15. The fourth-order valence-corrected chi connectivity index (χ4v) is 11.0. The molecule has 2 heterocycles. The van der Waals surface area contributed by atoms with Crippen LogP contribution in [0.1, 0.15) is 47.1 Å². The molecule has 0 aliphatic carbocycles. The fraction of sp³-hybridized carbons (Fsp3) is 0.281. The molecule has 1 aliphatic heterocycles. The number of hydrazine groups is 1. The van der Waals surface area contributed by atoms with Crippen LogP contribution in [-0.2, 0) is 5.28 Å². The number of benzene rings is 3. The second kappa shape index (κ2) is 9.50. The zero-order valence-electron chi connectivity index (χ0n) is 22.7. The second-order valence-electron chi connectivity index (χ2n) is 11.6. The van der Waals surface area contributed by atoms with Gasteiger partial charge in [0.15, 0.2) is 0 Å². The van der Waals surface area contributed by atoms with Crippen LogP contribution in [0, 0.1) is 0 Å². The first-order valence-corrected chi connectivity index (χ1v) is 14.3. The van der Waals surface area contributed by atoms with Gasteiger partial charge in [-0.1, -0.05) is 128 Å². The van der Waals surface area contributed by atoms with Crippen LogP contribution >= 0.6 is 7.92 Å². The summed E-state index contributed by atoms with van der Waals surface area (Å²) in [6.45, 7) is 14.4. The van der Waals surface area contributed by atoms with E-state index in [1.54, 1.807) is 0 Å². The first-order chi connectivity index (χ1) is 17.6. The molecule has 0 amide bonds. The minimum atomic E-state index is -0.654. The van der Waals surface area contributed by atoms with Crippen molar-refractivity contribution >= 4 is 13.6 Å². The van der Waals surface area contributed by atoms with Crippen LogP contribution in [0.15, 0.2) is 109 Å². The molecular weight excluding hydrogens is 471 g/mol. The van der Waals surface area contributed by atoms with Crippen LogP contribution in [0.2, 0.25) is 0 Å². The lowest BCUT2D eigenvalue weighted by molar-refractivity contribution is 0.601. The van der Waals surface area contributed by atoms with E-state index in [1.807, 2.05) is 10.7 Å². The van der Waals surface area contributed by atoms with Crippen molar-refractivity contribution in [2.24, 2.45) is 0 Å². The Morgan fingerprint density at radius 3 is 1.84 bits per heavy atom. The molecule has 5 rings (SSSR count). The van der Waals surface area contributed by atoms with Gasteiger partial charge in [0.1, 0.15) is 16.7 Å². The number of nitrogens with one attached hydrogen (secondary N) is 1. The van der Waals surface area contributed by atoms with E-state index in [1.165, 1.54) is 5.56 Å². The highest BCUT2D eigenvalue weighted by Gasteiger charge is 2.55. The predicted molar refractivity (Wildman–Crippen MR) is 158 cm³/mol. The topological polar surface area (TPSA) is 33.1 Å². The number of rotatable bonds is 5. The van der Waals surface area contributed by atoms with E-state index in [4.69, 9.17) is 5.10 Å². The third-order valence-corrected chi connectivity index (χ3v) is 10.7. The van der Waals surface area contributed by atoms with Crippen molar-refractivity contribution in [3.63, 3.8) is 0 Å². The fourth-order valence-electron chi connectivity index (χ4n) is 5.94. The number of hydrogen-bond acceptors (Lipinski definition) is 3. The van der Waals surface area contributed by atoms with Crippen LogP contribution in [0.25, 0.3) is 16.9 Å². The van der Waals surface area contributed by atoms with E-state index >= 15 is 0 Å². The SMILES string of the molecule is CC(C)(C)P(C(C)(C)C)C1(c2ccccc2)C=CNN1c1cn(-c2ccccc2)nc1-c1ccccc1. The van der Waals surface area contributed by atoms with E-state index in [0.29, 0.717) is 0 Å². The third kappa shape index (κ3) is 4.60. The van der Waals surface area contributed by atoms with Crippen molar-refractivity contribution in [1.82, 2.24) is 15.2 Å². The highest BCUT2D eigenvalue weighted by Crippen LogP contribution is 2.73. The average molecular weight is 509 g/mol. The summed E-state index contributed by atoms with van der Waals surface area (Å²) in [4.78, 5) is 0. The maximum Gasteiger partial charge on any atom is 0.126 e. The first kappa shape index (κ1) is 25.3. The number of nitrogens with zero attached hydrogens (tertiary/aromatic N) is 3. The van der Waals surface area contributed by atoms with Crippen molar-refractivity contribution in [3.8, 4) is 16.9 Å². The van der Waals surface area contributed by atoms with Crippen molar-refractivity contribution in [1.29, 1.82) is 0 Å². The lowest BCUT2D eigenvalue weighted by Crippen LogP contribution is -2.51. The number of para-hydroxylation sites is 1. The lowest BCUT2D eigenvalue weighted by atomic mass is 10.0. The molecule has 1 aromatic heterocycles. The molecule has 1 N–H and O–H groups in total. The maximum absolute atomic E-state index is 5.15. The van der Waals surface area contributed by atoms with E-state index in [9.17, 15) is 0 Å². The standard InChI is InChI=1S/C32H37N4P/c1-30(2,3)37(31(4,5)6)32(26-18-12-8-13-19-26)22-23-33-36(32)28-24-35(27-20-14-9-15-21-27)34-29(28)25-16-10-7-11-17-25/h7-24,33H,1-6H3. The van der Waals surface area contributed by atoms with Crippen LogP contribution in [0.4, 0.5) is 5.69 Å². The third-order valence-electron chi connectivity index (χ3n) is 6.75. The Balaban J connectivity index is 1.79. The molecule has 0 spiro atoms. The van der Waals surface area contributed by atoms with Crippen molar-refractivity contribution < 1.29 is 0 Å². The van der Waals surface area contributed by atoms with Gasteiger partial charge < -0.3 is 5.43 Å². The average Bonchev–Trinajstić information content (AvgIpc) is 3.49. The number of hydrogen-bond donors (Lipinski definition) is 1. The normalized spacial score (nSPS) is 17.9. The highest BCUT2D eigenvalue weighted by molar-refractivity contribution is 7.62. The Morgan fingerprint density at radius 2 is 1.27 bits per heavy atom. The molecule has 190 valence electrons. The lowest BCUT2D eigenvalue weighted by Gasteiger charge is -2.55. The van der Waals surface area contributed by atoms with Gasteiger partial charge in [-0.25, -0.2) is 4.68 Å². The Kier molecular flexibility index (Phi) is 6.50. The summed E-state index contributed by atoms with van der Waals surface area (Å²) in [6.07, 6.45) is 6.68. The molecule has 4 aromatic rings. The molecule has 0 bridgehead atoms. The molecule has 1 unspecified atom stereocenters. The van der Waals surface area contributed by atoms with Gasteiger partial charge in [0.2, 0.25) is 0 Å². The van der Waals surface area contributed by atoms with Gasteiger partial charge in [-0.15, -0.1) is 0 Å². The summed E-state index contributed by atoms with van der Waals surface area (Å²) in [6, 6.07) is 31.8. The first-order valence-electron chi connectivity index (χ1n) is 12.9. The van der Waals surface area contributed by atoms with Crippen molar-refractivity contribution in [3.05, 3.63) is 115 Å². The van der Waals surface area contributed by atoms with E-state index in [0.717, 1.165) is 22.6 Å². The van der Waals surface area contributed by atoms with Crippen LogP contribution in [0.3, 0.4) is 0 Å². The summed E-state index contributed by atoms with van der Waals surface area (Å²) in [7, 11) is -0.654. The van der Waals surface area contributed by atoms with Gasteiger partial charge in [0.25, 0.3) is 0 Å². The highest BCUT2D eigenvalue weighted by atomic mass is 31.1. The Morgan fingerprint density at radius 1 is 0.730 bits per heavy atom. The molecule has 3 aromatic carbocycles. The molecule has 37 heavy (non-hydrogen) atoms. The van der Waals surface area contributed by atoms with Gasteiger partial charge in [0.05, 0.1) is 11.9 Å². The quantitative estimate of drug-likeness (QED) is 0.275. The molecule has 5 heteroatoms. The smallest absolute Gasteiger partial charge is 0.126 e. The monoisotopic (exact) mass is 508 g/mol. The van der Waals surface area contributed by atoms with E-state index in [-0.39, 0.29) is 15.6 Å². The number of anilines is 1. The summed E-state index contributed by atoms with van der Waals surface area (Å²) in [5.74, 6) is 0. The summed E-state index contributed by atoms with van der Waals surface area (Å²) >= 11 is 0. The van der Waals surface area contributed by atoms with Crippen LogP contribution in [0.5, 0.6) is 0 Å². The molecule has 1 aliphatic rings. The Hall–Kier alpha value is -3.36. The van der Waals surface area contributed by atoms with Gasteiger partial charge in [0, 0.05) is 11.8 Å². The zero-order chi connectivity index (χ0) is 26.3. The van der Waals surface area contributed by atoms with Crippen molar-refractivity contribution in [2.45, 2.75) is 57.1 Å². The molecule has 4 nitrogen and oxygen atoms in total. The minimum absolute atomic E-state index is 0.0698. The largest absolute Gasteiger partial charge is 0.304 e. The second-order valence-corrected chi connectivity index (χ2v) is 15.6. The van der Waals surface area contributed by atoms with Gasteiger partial charge >= 0.3 is 0 Å². The number of aromatic nitrogens is 2.